The summed E-state index contributed by atoms with van der Waals surface area (Å²) in [6.07, 6.45) is 3.16. The second-order valence-corrected chi connectivity index (χ2v) is 10.00. The minimum atomic E-state index is -0.618. The fourth-order valence-electron chi connectivity index (χ4n) is 4.58. The Labute approximate surface area is 234 Å². The number of amides is 2. The minimum Gasteiger partial charge on any atom is -0.453 e. The number of imidazole rings is 1. The molecule has 2 amide bonds. The molecule has 2 atom stereocenters. The van der Waals surface area contributed by atoms with E-state index in [2.05, 4.69) is 41.0 Å². The maximum absolute atomic E-state index is 14.7. The van der Waals surface area contributed by atoms with Crippen LogP contribution in [-0.2, 0) is 9.53 Å². The number of ether oxygens (including phenoxy) is 1. The van der Waals surface area contributed by atoms with Crippen LogP contribution >= 0.6 is 11.6 Å². The average Bonchev–Trinajstić information content (AvgIpc) is 3.56. The first-order valence-electron chi connectivity index (χ1n) is 12.7. The van der Waals surface area contributed by atoms with Gasteiger partial charge in [-0.1, -0.05) is 36.2 Å². The number of nitrogens with one attached hydrogen (secondary N) is 4. The molecule has 5 rings (SSSR count). The van der Waals surface area contributed by atoms with E-state index in [4.69, 9.17) is 11.6 Å². The number of benzene rings is 2. The highest BCUT2D eigenvalue weighted by atomic mass is 35.5. The number of aromatic nitrogens is 5. The van der Waals surface area contributed by atoms with Crippen molar-refractivity contribution in [1.29, 1.82) is 0 Å². The molecule has 3 heterocycles. The van der Waals surface area contributed by atoms with Gasteiger partial charge in [0.25, 0.3) is 0 Å². The smallest absolute Gasteiger partial charge is 0.411 e. The number of H-pyrrole nitrogens is 1. The summed E-state index contributed by atoms with van der Waals surface area (Å²) >= 11 is 5.97. The highest BCUT2D eigenvalue weighted by Crippen LogP contribution is 2.33. The summed E-state index contributed by atoms with van der Waals surface area (Å²) in [5.41, 5.74) is 3.23. The van der Waals surface area contributed by atoms with Crippen molar-refractivity contribution in [2.75, 3.05) is 23.1 Å². The van der Waals surface area contributed by atoms with Gasteiger partial charge in [0.2, 0.25) is 5.91 Å². The largest absolute Gasteiger partial charge is 0.453 e. The predicted octanol–water partition coefficient (Wildman–Crippen LogP) is 5.85. The molecular formula is C27H28ClFN8O3. The molecule has 0 fully saturated rings. The molecule has 2 aromatic carbocycles. The van der Waals surface area contributed by atoms with Crippen LogP contribution in [0, 0.1) is 18.7 Å². The number of fused-ring (bicyclic) bond motifs is 4. The Morgan fingerprint density at radius 1 is 1.25 bits per heavy atom. The molecule has 4 aromatic rings. The van der Waals surface area contributed by atoms with E-state index in [-0.39, 0.29) is 28.6 Å². The Balaban J connectivity index is 1.48. The Kier molecular flexibility index (Phi) is 7.69. The van der Waals surface area contributed by atoms with Gasteiger partial charge in [-0.3, -0.25) is 10.1 Å². The minimum absolute atomic E-state index is 0.00199. The van der Waals surface area contributed by atoms with Crippen LogP contribution in [0.15, 0.2) is 42.6 Å². The van der Waals surface area contributed by atoms with Crippen LogP contribution in [0.4, 0.5) is 26.4 Å². The van der Waals surface area contributed by atoms with Crippen molar-refractivity contribution >= 4 is 40.8 Å². The number of rotatable bonds is 4. The van der Waals surface area contributed by atoms with Gasteiger partial charge in [0.1, 0.15) is 11.5 Å². The van der Waals surface area contributed by atoms with Crippen LogP contribution in [0.3, 0.4) is 0 Å². The Morgan fingerprint density at radius 3 is 2.88 bits per heavy atom. The van der Waals surface area contributed by atoms with Crippen molar-refractivity contribution in [3.05, 3.63) is 64.8 Å². The third-order valence-electron chi connectivity index (χ3n) is 6.88. The average molecular weight is 567 g/mol. The van der Waals surface area contributed by atoms with Gasteiger partial charge in [0.05, 0.1) is 41.4 Å². The van der Waals surface area contributed by atoms with Crippen LogP contribution in [-0.4, -0.2) is 44.1 Å². The van der Waals surface area contributed by atoms with E-state index in [1.165, 1.54) is 17.9 Å². The summed E-state index contributed by atoms with van der Waals surface area (Å²) in [5.74, 6) is 0.0354. The van der Waals surface area contributed by atoms with Crippen molar-refractivity contribution in [2.24, 2.45) is 5.92 Å². The molecule has 40 heavy (non-hydrogen) atoms. The lowest BCUT2D eigenvalue weighted by atomic mass is 9.98. The SMILES string of the molecule is COC(=O)Nc1ccc2c(c1)NC(=O)[C@H](C)CCC[C@H](Nc1nnn(-c3cccc(Cl)c3F)c1C)c1cnc-2[nH]1. The van der Waals surface area contributed by atoms with E-state index in [0.29, 0.717) is 47.1 Å². The normalized spacial score (nSPS) is 17.2. The van der Waals surface area contributed by atoms with Crippen LogP contribution in [0.5, 0.6) is 0 Å². The zero-order valence-electron chi connectivity index (χ0n) is 22.1. The predicted molar refractivity (Wildman–Crippen MR) is 149 cm³/mol. The number of anilines is 3. The lowest BCUT2D eigenvalue weighted by Gasteiger charge is -2.20. The molecule has 4 N–H and O–H groups in total. The molecule has 11 nitrogen and oxygen atoms in total. The number of aromatic amines is 1. The van der Waals surface area contributed by atoms with Gasteiger partial charge in [-0.15, -0.1) is 5.10 Å². The maximum Gasteiger partial charge on any atom is 0.411 e. The fraction of sp³-hybridized carbons (Fsp3) is 0.296. The van der Waals surface area contributed by atoms with Gasteiger partial charge in [0, 0.05) is 17.2 Å². The van der Waals surface area contributed by atoms with Crippen molar-refractivity contribution in [3.63, 3.8) is 0 Å². The van der Waals surface area contributed by atoms with Crippen molar-refractivity contribution in [1.82, 2.24) is 25.0 Å². The van der Waals surface area contributed by atoms with E-state index >= 15 is 0 Å². The summed E-state index contributed by atoms with van der Waals surface area (Å²) in [4.78, 5) is 32.7. The van der Waals surface area contributed by atoms with Gasteiger partial charge in [-0.25, -0.2) is 18.9 Å². The molecular weight excluding hydrogens is 539 g/mol. The van der Waals surface area contributed by atoms with Crippen molar-refractivity contribution in [3.8, 4) is 17.1 Å². The van der Waals surface area contributed by atoms with E-state index in [9.17, 15) is 14.0 Å². The topological polar surface area (TPSA) is 139 Å². The molecule has 1 aliphatic rings. The molecule has 0 unspecified atom stereocenters. The summed E-state index contributed by atoms with van der Waals surface area (Å²) in [7, 11) is 1.28. The molecule has 2 bridgehead atoms. The molecule has 1 aliphatic heterocycles. The van der Waals surface area contributed by atoms with Crippen LogP contribution in [0.2, 0.25) is 5.02 Å². The molecule has 0 aliphatic carbocycles. The zero-order chi connectivity index (χ0) is 28.4. The quantitative estimate of drug-likeness (QED) is 0.243. The Hall–Kier alpha value is -4.45. The molecule has 0 saturated heterocycles. The molecule has 0 spiro atoms. The van der Waals surface area contributed by atoms with Crippen LogP contribution < -0.4 is 16.0 Å². The Bertz CT molecular complexity index is 1570. The van der Waals surface area contributed by atoms with Gasteiger partial charge in [0.15, 0.2) is 11.6 Å². The number of nitrogens with zero attached hydrogens (tertiary/aromatic N) is 4. The van der Waals surface area contributed by atoms with Crippen molar-refractivity contribution in [2.45, 2.75) is 39.2 Å². The first-order valence-corrected chi connectivity index (χ1v) is 13.1. The number of carbonyl (C=O) groups excluding carboxylic acids is 2. The van der Waals surface area contributed by atoms with E-state index in [1.807, 2.05) is 6.92 Å². The number of hydrogen-bond donors (Lipinski definition) is 4. The second-order valence-electron chi connectivity index (χ2n) is 9.59. The molecule has 0 saturated carbocycles. The van der Waals surface area contributed by atoms with Crippen LogP contribution in [0.1, 0.15) is 43.6 Å². The summed E-state index contributed by atoms with van der Waals surface area (Å²) < 4.78 is 20.8. The van der Waals surface area contributed by atoms with Crippen molar-refractivity contribution < 1.29 is 18.7 Å². The monoisotopic (exact) mass is 566 g/mol. The van der Waals surface area contributed by atoms with E-state index in [1.54, 1.807) is 43.5 Å². The highest BCUT2D eigenvalue weighted by Gasteiger charge is 2.24. The zero-order valence-corrected chi connectivity index (χ0v) is 22.8. The number of hydrogen-bond acceptors (Lipinski definition) is 7. The van der Waals surface area contributed by atoms with Gasteiger partial charge in [-0.05, 0) is 50.1 Å². The second kappa shape index (κ2) is 11.3. The lowest BCUT2D eigenvalue weighted by molar-refractivity contribution is -0.119. The third kappa shape index (κ3) is 5.48. The van der Waals surface area contributed by atoms with E-state index < -0.39 is 11.9 Å². The highest BCUT2D eigenvalue weighted by molar-refractivity contribution is 6.30. The maximum atomic E-state index is 14.7. The third-order valence-corrected chi connectivity index (χ3v) is 7.17. The van der Waals surface area contributed by atoms with Gasteiger partial charge >= 0.3 is 6.09 Å². The van der Waals surface area contributed by atoms with Gasteiger partial charge in [-0.2, -0.15) is 0 Å². The molecule has 208 valence electrons. The summed E-state index contributed by atoms with van der Waals surface area (Å²) in [5, 5.41) is 17.4. The van der Waals surface area contributed by atoms with Gasteiger partial charge < -0.3 is 20.4 Å². The number of carbonyl (C=O) groups is 2. The molecule has 2 aromatic heterocycles. The summed E-state index contributed by atoms with van der Waals surface area (Å²) in [6.45, 7) is 3.66. The van der Waals surface area contributed by atoms with E-state index in [0.717, 1.165) is 12.1 Å². The molecule has 0 radical (unpaired) electrons. The molecule has 13 heteroatoms. The fourth-order valence-corrected chi connectivity index (χ4v) is 4.75. The standard InChI is InChI=1S/C27H28ClFN8O3/c1-14-6-4-8-19(32-24-15(2)37(36-35-24)22-9-5-7-18(28)23(22)29)21-13-30-25(33-21)17-11-10-16(31-27(39)40-3)12-20(17)34-26(14)38/h5,7,9-14,19,32H,4,6,8H2,1-3H3,(H,30,33)(H,31,39)(H,34,38)/t14-,19+/m1/s1. The summed E-state index contributed by atoms with van der Waals surface area (Å²) in [6, 6.07) is 9.59. The number of halogens is 2. The van der Waals surface area contributed by atoms with Crippen LogP contribution in [0.25, 0.3) is 17.1 Å². The lowest BCUT2D eigenvalue weighted by Crippen LogP contribution is -2.22. The first kappa shape index (κ1) is 27.1. The first-order chi connectivity index (χ1) is 19.2. The number of methoxy groups -OCH3 is 1. The Morgan fingerprint density at radius 2 is 2.08 bits per heavy atom.